The fourth-order valence-electron chi connectivity index (χ4n) is 6.66. The standard InChI is InChI=1S/C38H52O3/c1-27(2)35(25-28(3)26-38(8,9)36(37(5,6)7)32-15-19-33(39)20-16-32)31-17-21-34(22-18-31)41-29(4)40-24-23-30-13-11-10-12-14-30/h10-22,27,29,35-36,39H,3,23-26H2,1-2,4-9H3. The van der Waals surface area contributed by atoms with Crippen molar-refractivity contribution in [2.24, 2.45) is 16.7 Å². The van der Waals surface area contributed by atoms with E-state index in [1.54, 1.807) is 12.1 Å². The Kier molecular flexibility index (Phi) is 11.3. The molecule has 0 aliphatic carbocycles. The van der Waals surface area contributed by atoms with Gasteiger partial charge in [0, 0.05) is 0 Å². The lowest BCUT2D eigenvalue weighted by Crippen LogP contribution is -2.33. The summed E-state index contributed by atoms with van der Waals surface area (Å²) >= 11 is 0. The Bertz CT molecular complexity index is 1200. The third kappa shape index (κ3) is 9.78. The Labute approximate surface area is 249 Å². The van der Waals surface area contributed by atoms with Gasteiger partial charge >= 0.3 is 0 Å². The molecule has 0 heterocycles. The molecule has 1 N–H and O–H groups in total. The van der Waals surface area contributed by atoms with Crippen LogP contribution in [-0.2, 0) is 11.2 Å². The number of benzene rings is 3. The molecule has 3 heteroatoms. The predicted molar refractivity (Wildman–Crippen MR) is 173 cm³/mol. The van der Waals surface area contributed by atoms with Crippen molar-refractivity contribution in [3.8, 4) is 11.5 Å². The molecule has 3 aromatic rings. The molecule has 0 fully saturated rings. The first kappa shape index (κ1) is 32.5. The molecule has 3 rings (SSSR count). The summed E-state index contributed by atoms with van der Waals surface area (Å²) in [6.07, 6.45) is 2.46. The van der Waals surface area contributed by atoms with Gasteiger partial charge in [0.25, 0.3) is 0 Å². The zero-order chi connectivity index (χ0) is 30.2. The highest BCUT2D eigenvalue weighted by molar-refractivity contribution is 5.33. The molecule has 3 aromatic carbocycles. The van der Waals surface area contributed by atoms with Gasteiger partial charge in [0.2, 0.25) is 0 Å². The van der Waals surface area contributed by atoms with Crippen LogP contribution >= 0.6 is 0 Å². The van der Waals surface area contributed by atoms with Crippen LogP contribution in [0.25, 0.3) is 0 Å². The number of ether oxygens (including phenoxy) is 2. The van der Waals surface area contributed by atoms with Crippen LogP contribution in [0.15, 0.2) is 91.0 Å². The van der Waals surface area contributed by atoms with Crippen molar-refractivity contribution >= 4 is 0 Å². The number of phenols is 1. The van der Waals surface area contributed by atoms with Gasteiger partial charge < -0.3 is 14.6 Å². The Morgan fingerprint density at radius 1 is 0.805 bits per heavy atom. The van der Waals surface area contributed by atoms with Crippen LogP contribution in [-0.4, -0.2) is 18.0 Å². The molecule has 222 valence electrons. The Hall–Kier alpha value is -3.04. The van der Waals surface area contributed by atoms with Gasteiger partial charge in [0.05, 0.1) is 6.61 Å². The van der Waals surface area contributed by atoms with Gasteiger partial charge in [-0.05, 0) is 95.7 Å². The first-order valence-electron chi connectivity index (χ1n) is 15.1. The average Bonchev–Trinajstić information content (AvgIpc) is 2.88. The molecule has 0 amide bonds. The minimum Gasteiger partial charge on any atom is -0.508 e. The number of hydrogen-bond donors (Lipinski definition) is 1. The van der Waals surface area contributed by atoms with Crippen molar-refractivity contribution < 1.29 is 14.6 Å². The topological polar surface area (TPSA) is 38.7 Å². The van der Waals surface area contributed by atoms with E-state index in [-0.39, 0.29) is 17.1 Å². The van der Waals surface area contributed by atoms with E-state index < -0.39 is 0 Å². The summed E-state index contributed by atoms with van der Waals surface area (Å²) in [5.41, 5.74) is 5.20. The highest BCUT2D eigenvalue weighted by Gasteiger charge is 2.39. The Morgan fingerprint density at radius 2 is 1.39 bits per heavy atom. The Morgan fingerprint density at radius 3 is 1.95 bits per heavy atom. The molecule has 0 spiro atoms. The summed E-state index contributed by atoms with van der Waals surface area (Å²) in [6.45, 7) is 23.4. The summed E-state index contributed by atoms with van der Waals surface area (Å²) < 4.78 is 11.9. The van der Waals surface area contributed by atoms with Crippen molar-refractivity contribution in [1.82, 2.24) is 0 Å². The molecule has 41 heavy (non-hydrogen) atoms. The van der Waals surface area contributed by atoms with E-state index in [1.807, 2.05) is 13.0 Å². The smallest absolute Gasteiger partial charge is 0.196 e. The number of aromatic hydroxyl groups is 1. The van der Waals surface area contributed by atoms with E-state index in [2.05, 4.69) is 116 Å². The maximum absolute atomic E-state index is 9.85. The van der Waals surface area contributed by atoms with Gasteiger partial charge in [-0.15, -0.1) is 0 Å². The fourth-order valence-corrected chi connectivity index (χ4v) is 6.66. The summed E-state index contributed by atoms with van der Waals surface area (Å²) in [5, 5.41) is 9.85. The van der Waals surface area contributed by atoms with E-state index in [9.17, 15) is 5.11 Å². The van der Waals surface area contributed by atoms with Gasteiger partial charge in [-0.1, -0.05) is 115 Å². The quantitative estimate of drug-likeness (QED) is 0.159. The second kappa shape index (κ2) is 14.2. The predicted octanol–water partition coefficient (Wildman–Crippen LogP) is 10.3. The first-order chi connectivity index (χ1) is 19.3. The van der Waals surface area contributed by atoms with Gasteiger partial charge in [-0.25, -0.2) is 0 Å². The summed E-state index contributed by atoms with van der Waals surface area (Å²) in [5.74, 6) is 2.32. The molecular weight excluding hydrogens is 504 g/mol. The molecule has 0 aromatic heterocycles. The number of hydrogen-bond acceptors (Lipinski definition) is 3. The van der Waals surface area contributed by atoms with Crippen LogP contribution in [0, 0.1) is 16.7 Å². The molecular formula is C38H52O3. The Balaban J connectivity index is 1.62. The molecule has 0 aliphatic heterocycles. The van der Waals surface area contributed by atoms with E-state index in [0.717, 1.165) is 25.0 Å². The van der Waals surface area contributed by atoms with Crippen molar-refractivity contribution in [3.63, 3.8) is 0 Å². The highest BCUT2D eigenvalue weighted by Crippen LogP contribution is 2.51. The van der Waals surface area contributed by atoms with Crippen LogP contribution in [0.1, 0.15) is 96.8 Å². The molecule has 0 saturated heterocycles. The van der Waals surface area contributed by atoms with Crippen LogP contribution in [0.2, 0.25) is 0 Å². The zero-order valence-electron chi connectivity index (χ0n) is 26.6. The minimum atomic E-state index is -0.309. The lowest BCUT2D eigenvalue weighted by atomic mass is 9.60. The molecule has 0 saturated carbocycles. The number of rotatable bonds is 14. The van der Waals surface area contributed by atoms with Gasteiger partial charge in [-0.2, -0.15) is 0 Å². The van der Waals surface area contributed by atoms with E-state index >= 15 is 0 Å². The first-order valence-corrected chi connectivity index (χ1v) is 15.1. The van der Waals surface area contributed by atoms with Crippen molar-refractivity contribution in [1.29, 1.82) is 0 Å². The van der Waals surface area contributed by atoms with Crippen LogP contribution in [0.3, 0.4) is 0 Å². The molecule has 3 unspecified atom stereocenters. The van der Waals surface area contributed by atoms with Crippen molar-refractivity contribution in [2.45, 2.75) is 92.8 Å². The second-order valence-electron chi connectivity index (χ2n) is 13.7. The number of allylic oxidation sites excluding steroid dienone is 1. The van der Waals surface area contributed by atoms with E-state index in [4.69, 9.17) is 9.47 Å². The third-order valence-electron chi connectivity index (χ3n) is 8.09. The average molecular weight is 557 g/mol. The lowest BCUT2D eigenvalue weighted by molar-refractivity contribution is -0.0654. The monoisotopic (exact) mass is 556 g/mol. The maximum atomic E-state index is 9.85. The van der Waals surface area contributed by atoms with Gasteiger partial charge in [0.15, 0.2) is 6.29 Å². The van der Waals surface area contributed by atoms with Crippen LogP contribution in [0.5, 0.6) is 11.5 Å². The molecule has 0 bridgehead atoms. The highest BCUT2D eigenvalue weighted by atomic mass is 16.7. The van der Waals surface area contributed by atoms with E-state index in [1.165, 1.54) is 22.3 Å². The van der Waals surface area contributed by atoms with Crippen LogP contribution < -0.4 is 4.74 Å². The fraction of sp³-hybridized carbons (Fsp3) is 0.474. The van der Waals surface area contributed by atoms with Crippen molar-refractivity contribution in [3.05, 3.63) is 108 Å². The minimum absolute atomic E-state index is 0.00216. The SMILES string of the molecule is C=C(CC(c1ccc(OC(C)OCCc2ccccc2)cc1)C(C)C)CC(C)(C)C(c1ccc(O)cc1)C(C)(C)C. The second-order valence-corrected chi connectivity index (χ2v) is 13.7. The van der Waals surface area contributed by atoms with E-state index in [0.29, 0.717) is 30.1 Å². The molecule has 0 aliphatic rings. The third-order valence-corrected chi connectivity index (χ3v) is 8.09. The van der Waals surface area contributed by atoms with Gasteiger partial charge in [-0.3, -0.25) is 0 Å². The molecule has 3 nitrogen and oxygen atoms in total. The maximum Gasteiger partial charge on any atom is 0.196 e. The normalized spacial score (nSPS) is 14.5. The molecule has 0 radical (unpaired) electrons. The largest absolute Gasteiger partial charge is 0.508 e. The van der Waals surface area contributed by atoms with Crippen LogP contribution in [0.4, 0.5) is 0 Å². The molecule has 3 atom stereocenters. The summed E-state index contributed by atoms with van der Waals surface area (Å²) in [4.78, 5) is 0. The number of phenolic OH excluding ortho intramolecular Hbond substituents is 1. The summed E-state index contributed by atoms with van der Waals surface area (Å²) in [6, 6.07) is 26.7. The van der Waals surface area contributed by atoms with Crippen molar-refractivity contribution in [2.75, 3.05) is 6.61 Å². The zero-order valence-corrected chi connectivity index (χ0v) is 26.6. The van der Waals surface area contributed by atoms with Gasteiger partial charge in [0.1, 0.15) is 11.5 Å². The summed E-state index contributed by atoms with van der Waals surface area (Å²) in [7, 11) is 0. The lowest BCUT2D eigenvalue weighted by Gasteiger charge is -2.44.